The fourth-order valence-electron chi connectivity index (χ4n) is 3.09. The molecule has 122 valence electrons. The van der Waals surface area contributed by atoms with Crippen LogP contribution in [0.15, 0.2) is 4.99 Å². The van der Waals surface area contributed by atoms with Crippen LogP contribution in [0.3, 0.4) is 0 Å². The molecule has 21 heavy (non-hydrogen) atoms. The van der Waals surface area contributed by atoms with Crippen molar-refractivity contribution in [2.24, 2.45) is 10.9 Å². The molecular formula is C16H32N4S. The lowest BCUT2D eigenvalue weighted by molar-refractivity contribution is 0.195. The zero-order valence-corrected chi connectivity index (χ0v) is 14.8. The van der Waals surface area contributed by atoms with E-state index in [0.717, 1.165) is 31.5 Å². The molecule has 4 nitrogen and oxygen atoms in total. The van der Waals surface area contributed by atoms with Gasteiger partial charge in [-0.15, -0.1) is 0 Å². The highest BCUT2D eigenvalue weighted by molar-refractivity contribution is 8.00. The molecule has 2 heterocycles. The number of hydrogen-bond acceptors (Lipinski definition) is 3. The third kappa shape index (κ3) is 5.70. The Kier molecular flexibility index (Phi) is 6.68. The molecule has 0 bridgehead atoms. The summed E-state index contributed by atoms with van der Waals surface area (Å²) in [6.07, 6.45) is 5.36. The van der Waals surface area contributed by atoms with Gasteiger partial charge in [-0.2, -0.15) is 11.8 Å². The lowest BCUT2D eigenvalue weighted by Crippen LogP contribution is -2.46. The maximum absolute atomic E-state index is 4.34. The van der Waals surface area contributed by atoms with Crippen LogP contribution in [0.2, 0.25) is 0 Å². The van der Waals surface area contributed by atoms with Crippen molar-refractivity contribution in [2.75, 3.05) is 45.5 Å². The molecule has 0 aromatic carbocycles. The summed E-state index contributed by atoms with van der Waals surface area (Å²) >= 11 is 2.09. The van der Waals surface area contributed by atoms with Gasteiger partial charge in [0.15, 0.2) is 5.96 Å². The Morgan fingerprint density at radius 3 is 2.71 bits per heavy atom. The molecule has 2 fully saturated rings. The van der Waals surface area contributed by atoms with E-state index in [9.17, 15) is 0 Å². The minimum absolute atomic E-state index is 0.390. The molecule has 0 amide bonds. The van der Waals surface area contributed by atoms with Crippen molar-refractivity contribution >= 4 is 17.7 Å². The van der Waals surface area contributed by atoms with E-state index in [4.69, 9.17) is 0 Å². The molecule has 0 spiro atoms. The first-order valence-electron chi connectivity index (χ1n) is 8.42. The van der Waals surface area contributed by atoms with Crippen molar-refractivity contribution in [1.29, 1.82) is 0 Å². The van der Waals surface area contributed by atoms with Crippen LogP contribution in [-0.2, 0) is 0 Å². The van der Waals surface area contributed by atoms with Crippen LogP contribution in [0.1, 0.15) is 39.5 Å². The van der Waals surface area contributed by atoms with Gasteiger partial charge in [-0.05, 0) is 57.4 Å². The van der Waals surface area contributed by atoms with Gasteiger partial charge in [0.25, 0.3) is 0 Å². The number of piperidine rings is 1. The summed E-state index contributed by atoms with van der Waals surface area (Å²) in [7, 11) is 1.86. The Labute approximate surface area is 134 Å². The third-order valence-corrected chi connectivity index (χ3v) is 6.29. The molecule has 0 saturated carbocycles. The second-order valence-corrected chi connectivity index (χ2v) is 8.46. The van der Waals surface area contributed by atoms with Gasteiger partial charge in [0.1, 0.15) is 0 Å². The Hall–Kier alpha value is -0.420. The summed E-state index contributed by atoms with van der Waals surface area (Å²) in [4.78, 5) is 6.91. The molecule has 0 radical (unpaired) electrons. The normalized spacial score (nSPS) is 28.8. The number of nitrogens with zero attached hydrogens (tertiary/aromatic N) is 2. The topological polar surface area (TPSA) is 39.7 Å². The second kappa shape index (κ2) is 8.28. The lowest BCUT2D eigenvalue weighted by atomic mass is 9.99. The Bertz CT molecular complexity index is 331. The molecule has 0 aromatic rings. The highest BCUT2D eigenvalue weighted by atomic mass is 32.2. The van der Waals surface area contributed by atoms with Gasteiger partial charge in [0.2, 0.25) is 0 Å². The standard InChI is InChI=1S/C16H32N4S/c1-14-5-9-20(10-6-14)11-8-18-15(17-3)19-13-16(2)7-4-12-21-16/h14H,4-13H2,1-3H3,(H2,17,18,19). The average molecular weight is 313 g/mol. The van der Waals surface area contributed by atoms with Crippen LogP contribution >= 0.6 is 11.8 Å². The fraction of sp³-hybridized carbons (Fsp3) is 0.938. The Balaban J connectivity index is 1.61. The first kappa shape index (κ1) is 16.9. The first-order chi connectivity index (χ1) is 10.1. The van der Waals surface area contributed by atoms with Gasteiger partial charge < -0.3 is 15.5 Å². The number of aliphatic imine (C=N–C) groups is 1. The quantitative estimate of drug-likeness (QED) is 0.603. The van der Waals surface area contributed by atoms with Crippen LogP contribution < -0.4 is 10.6 Å². The maximum atomic E-state index is 4.34. The second-order valence-electron chi connectivity index (χ2n) is 6.78. The van der Waals surface area contributed by atoms with Crippen molar-refractivity contribution in [3.8, 4) is 0 Å². The molecule has 0 aliphatic carbocycles. The highest BCUT2D eigenvalue weighted by Crippen LogP contribution is 2.36. The molecule has 0 aromatic heterocycles. The summed E-state index contributed by atoms with van der Waals surface area (Å²) in [5.41, 5.74) is 0. The summed E-state index contributed by atoms with van der Waals surface area (Å²) in [5, 5.41) is 6.95. The van der Waals surface area contributed by atoms with Crippen LogP contribution in [0, 0.1) is 5.92 Å². The molecule has 2 saturated heterocycles. The van der Waals surface area contributed by atoms with Gasteiger partial charge >= 0.3 is 0 Å². The zero-order valence-electron chi connectivity index (χ0n) is 14.0. The van der Waals surface area contributed by atoms with E-state index in [-0.39, 0.29) is 0 Å². The van der Waals surface area contributed by atoms with E-state index in [1.54, 1.807) is 0 Å². The number of thioether (sulfide) groups is 1. The third-order valence-electron chi connectivity index (χ3n) is 4.75. The fourth-order valence-corrected chi connectivity index (χ4v) is 4.33. The van der Waals surface area contributed by atoms with Crippen LogP contribution in [0.25, 0.3) is 0 Å². The van der Waals surface area contributed by atoms with Crippen molar-refractivity contribution in [3.05, 3.63) is 0 Å². The molecule has 1 unspecified atom stereocenters. The SMILES string of the molecule is CN=C(NCCN1CCC(C)CC1)NCC1(C)CCCS1. The molecule has 2 aliphatic rings. The smallest absolute Gasteiger partial charge is 0.191 e. The molecule has 1 atom stereocenters. The summed E-state index contributed by atoms with van der Waals surface area (Å²) in [5.74, 6) is 3.17. The number of rotatable bonds is 5. The van der Waals surface area contributed by atoms with Gasteiger partial charge in [-0.1, -0.05) is 6.92 Å². The van der Waals surface area contributed by atoms with Gasteiger partial charge in [-0.3, -0.25) is 4.99 Å². The number of guanidine groups is 1. The van der Waals surface area contributed by atoms with Crippen LogP contribution in [-0.4, -0.2) is 61.1 Å². The molecule has 5 heteroatoms. The average Bonchev–Trinajstić information content (AvgIpc) is 2.92. The minimum Gasteiger partial charge on any atom is -0.355 e. The predicted molar refractivity (Wildman–Crippen MR) is 94.3 cm³/mol. The Morgan fingerprint density at radius 1 is 1.33 bits per heavy atom. The molecular weight excluding hydrogens is 280 g/mol. The minimum atomic E-state index is 0.390. The zero-order chi connectivity index (χ0) is 15.1. The highest BCUT2D eigenvalue weighted by Gasteiger charge is 2.29. The van der Waals surface area contributed by atoms with Crippen molar-refractivity contribution in [3.63, 3.8) is 0 Å². The van der Waals surface area contributed by atoms with Crippen molar-refractivity contribution < 1.29 is 0 Å². The summed E-state index contributed by atoms with van der Waals surface area (Å²) in [6, 6.07) is 0. The van der Waals surface area contributed by atoms with Crippen LogP contribution in [0.4, 0.5) is 0 Å². The first-order valence-corrected chi connectivity index (χ1v) is 9.41. The molecule has 2 N–H and O–H groups in total. The van der Waals surface area contributed by atoms with Crippen molar-refractivity contribution in [1.82, 2.24) is 15.5 Å². The van der Waals surface area contributed by atoms with E-state index in [0.29, 0.717) is 4.75 Å². The predicted octanol–water partition coefficient (Wildman–Crippen LogP) is 2.17. The lowest BCUT2D eigenvalue weighted by Gasteiger charge is -2.30. The van der Waals surface area contributed by atoms with Gasteiger partial charge in [-0.25, -0.2) is 0 Å². The van der Waals surface area contributed by atoms with Crippen molar-refractivity contribution in [2.45, 2.75) is 44.3 Å². The van der Waals surface area contributed by atoms with E-state index in [2.05, 4.69) is 46.1 Å². The maximum Gasteiger partial charge on any atom is 0.191 e. The van der Waals surface area contributed by atoms with Gasteiger partial charge in [0.05, 0.1) is 0 Å². The van der Waals surface area contributed by atoms with E-state index < -0.39 is 0 Å². The molecule has 2 rings (SSSR count). The summed E-state index contributed by atoms with van der Waals surface area (Å²) < 4.78 is 0.390. The van der Waals surface area contributed by atoms with E-state index >= 15 is 0 Å². The summed E-state index contributed by atoms with van der Waals surface area (Å²) in [6.45, 7) is 10.4. The Morgan fingerprint density at radius 2 is 2.10 bits per heavy atom. The molecule has 2 aliphatic heterocycles. The largest absolute Gasteiger partial charge is 0.355 e. The monoisotopic (exact) mass is 312 g/mol. The number of likely N-dealkylation sites (tertiary alicyclic amines) is 1. The number of nitrogens with one attached hydrogen (secondary N) is 2. The van der Waals surface area contributed by atoms with Gasteiger partial charge in [0, 0.05) is 31.4 Å². The number of hydrogen-bond donors (Lipinski definition) is 2. The van der Waals surface area contributed by atoms with E-state index in [1.807, 2.05) is 7.05 Å². The van der Waals surface area contributed by atoms with E-state index in [1.165, 1.54) is 44.5 Å². The van der Waals surface area contributed by atoms with Crippen LogP contribution in [0.5, 0.6) is 0 Å².